The molecule has 0 aliphatic carbocycles. The van der Waals surface area contributed by atoms with E-state index in [9.17, 15) is 9.59 Å². The SMILES string of the molecule is O=C(CNC(=O)c1cccc(Br)c1)NCCCSc1ccccc1. The Labute approximate surface area is 154 Å². The number of hydrogen-bond donors (Lipinski definition) is 2. The van der Waals surface area contributed by atoms with Crippen LogP contribution in [0.3, 0.4) is 0 Å². The van der Waals surface area contributed by atoms with E-state index in [2.05, 4.69) is 38.7 Å². The number of hydrogen-bond acceptors (Lipinski definition) is 3. The van der Waals surface area contributed by atoms with Crippen LogP contribution in [-0.4, -0.2) is 30.7 Å². The molecule has 0 saturated carbocycles. The molecule has 0 bridgehead atoms. The van der Waals surface area contributed by atoms with E-state index >= 15 is 0 Å². The summed E-state index contributed by atoms with van der Waals surface area (Å²) in [4.78, 5) is 24.9. The van der Waals surface area contributed by atoms with Gasteiger partial charge in [-0.2, -0.15) is 0 Å². The van der Waals surface area contributed by atoms with Gasteiger partial charge in [0.2, 0.25) is 5.91 Å². The minimum absolute atomic E-state index is 0.0167. The molecule has 0 saturated heterocycles. The highest BCUT2D eigenvalue weighted by Gasteiger charge is 2.07. The number of thioether (sulfide) groups is 1. The highest BCUT2D eigenvalue weighted by molar-refractivity contribution is 9.10. The number of benzene rings is 2. The Morgan fingerprint density at radius 3 is 2.54 bits per heavy atom. The first-order valence-corrected chi connectivity index (χ1v) is 9.41. The maximum absolute atomic E-state index is 11.9. The number of nitrogens with one attached hydrogen (secondary N) is 2. The molecule has 0 radical (unpaired) electrons. The maximum atomic E-state index is 11.9. The molecular formula is C18H19BrN2O2S. The zero-order chi connectivity index (χ0) is 17.2. The van der Waals surface area contributed by atoms with E-state index in [0.29, 0.717) is 12.1 Å². The zero-order valence-corrected chi connectivity index (χ0v) is 15.5. The first kappa shape index (κ1) is 18.5. The molecule has 0 unspecified atom stereocenters. The molecule has 126 valence electrons. The van der Waals surface area contributed by atoms with Crippen molar-refractivity contribution in [1.29, 1.82) is 0 Å². The Balaban J connectivity index is 1.59. The Hall–Kier alpha value is -1.79. The molecule has 2 rings (SSSR count). The Morgan fingerprint density at radius 1 is 1.00 bits per heavy atom. The van der Waals surface area contributed by atoms with Gasteiger partial charge in [0.25, 0.3) is 5.91 Å². The third kappa shape index (κ3) is 6.76. The molecule has 0 atom stereocenters. The molecule has 2 N–H and O–H groups in total. The lowest BCUT2D eigenvalue weighted by atomic mass is 10.2. The van der Waals surface area contributed by atoms with Crippen molar-refractivity contribution in [3.05, 3.63) is 64.6 Å². The third-order valence-corrected chi connectivity index (χ3v) is 4.74. The lowest BCUT2D eigenvalue weighted by molar-refractivity contribution is -0.120. The summed E-state index contributed by atoms with van der Waals surface area (Å²) in [5.41, 5.74) is 0.524. The standard InChI is InChI=1S/C18H19BrN2O2S/c19-15-7-4-6-14(12-15)18(23)21-13-17(22)20-10-5-11-24-16-8-2-1-3-9-16/h1-4,6-9,12H,5,10-11,13H2,(H,20,22)(H,21,23). The van der Waals surface area contributed by atoms with Crippen LogP contribution in [-0.2, 0) is 4.79 Å². The van der Waals surface area contributed by atoms with Gasteiger partial charge in [-0.25, -0.2) is 0 Å². The summed E-state index contributed by atoms with van der Waals surface area (Å²) in [5.74, 6) is 0.503. The molecule has 0 heterocycles. The fourth-order valence-electron chi connectivity index (χ4n) is 1.96. The van der Waals surface area contributed by atoms with Crippen molar-refractivity contribution in [2.75, 3.05) is 18.8 Å². The van der Waals surface area contributed by atoms with Crippen molar-refractivity contribution >= 4 is 39.5 Å². The van der Waals surface area contributed by atoms with Crippen LogP contribution >= 0.6 is 27.7 Å². The molecule has 0 aliphatic heterocycles. The van der Waals surface area contributed by atoms with Crippen LogP contribution in [0.25, 0.3) is 0 Å². The van der Waals surface area contributed by atoms with Gasteiger partial charge in [-0.15, -0.1) is 11.8 Å². The molecule has 0 aromatic heterocycles. The lowest BCUT2D eigenvalue weighted by Gasteiger charge is -2.07. The number of amides is 2. The molecule has 2 aromatic carbocycles. The summed E-state index contributed by atoms with van der Waals surface area (Å²) >= 11 is 5.08. The van der Waals surface area contributed by atoms with E-state index in [0.717, 1.165) is 16.6 Å². The Morgan fingerprint density at radius 2 is 1.79 bits per heavy atom. The second-order valence-corrected chi connectivity index (χ2v) is 7.14. The Bertz CT molecular complexity index is 680. The van der Waals surface area contributed by atoms with Crippen LogP contribution in [0.5, 0.6) is 0 Å². The fraction of sp³-hybridized carbons (Fsp3) is 0.222. The van der Waals surface area contributed by atoms with Crippen molar-refractivity contribution in [2.24, 2.45) is 0 Å². The average molecular weight is 407 g/mol. The van der Waals surface area contributed by atoms with E-state index in [1.54, 1.807) is 30.0 Å². The van der Waals surface area contributed by atoms with E-state index in [-0.39, 0.29) is 18.4 Å². The predicted molar refractivity (Wildman–Crippen MR) is 101 cm³/mol. The highest BCUT2D eigenvalue weighted by Crippen LogP contribution is 2.17. The largest absolute Gasteiger partial charge is 0.355 e. The van der Waals surface area contributed by atoms with Crippen LogP contribution in [0.4, 0.5) is 0 Å². The minimum Gasteiger partial charge on any atom is -0.355 e. The second kappa shape index (κ2) is 10.2. The smallest absolute Gasteiger partial charge is 0.251 e. The van der Waals surface area contributed by atoms with Crippen molar-refractivity contribution < 1.29 is 9.59 Å². The lowest BCUT2D eigenvalue weighted by Crippen LogP contribution is -2.37. The van der Waals surface area contributed by atoms with Crippen molar-refractivity contribution in [2.45, 2.75) is 11.3 Å². The van der Waals surface area contributed by atoms with Crippen LogP contribution in [0.15, 0.2) is 64.0 Å². The molecule has 0 spiro atoms. The molecule has 24 heavy (non-hydrogen) atoms. The van der Waals surface area contributed by atoms with Crippen LogP contribution < -0.4 is 10.6 Å². The van der Waals surface area contributed by atoms with E-state index < -0.39 is 0 Å². The second-order valence-electron chi connectivity index (χ2n) is 5.06. The van der Waals surface area contributed by atoms with E-state index in [4.69, 9.17) is 0 Å². The molecular weight excluding hydrogens is 388 g/mol. The van der Waals surface area contributed by atoms with Crippen molar-refractivity contribution in [3.8, 4) is 0 Å². The third-order valence-electron chi connectivity index (χ3n) is 3.15. The summed E-state index contributed by atoms with van der Waals surface area (Å²) in [7, 11) is 0. The summed E-state index contributed by atoms with van der Waals surface area (Å²) < 4.78 is 0.829. The summed E-state index contributed by atoms with van der Waals surface area (Å²) in [6.07, 6.45) is 0.880. The van der Waals surface area contributed by atoms with Gasteiger partial charge in [0.1, 0.15) is 0 Å². The van der Waals surface area contributed by atoms with E-state index in [1.165, 1.54) is 4.90 Å². The normalized spacial score (nSPS) is 10.2. The summed E-state index contributed by atoms with van der Waals surface area (Å²) in [5, 5.41) is 5.43. The van der Waals surface area contributed by atoms with Crippen molar-refractivity contribution in [1.82, 2.24) is 10.6 Å². The number of carbonyl (C=O) groups excluding carboxylic acids is 2. The number of rotatable bonds is 8. The zero-order valence-electron chi connectivity index (χ0n) is 13.1. The molecule has 0 fully saturated rings. The molecule has 6 heteroatoms. The predicted octanol–water partition coefficient (Wildman–Crippen LogP) is 3.48. The molecule has 2 aromatic rings. The molecule has 2 amide bonds. The Kier molecular flexibility index (Phi) is 7.85. The molecule has 4 nitrogen and oxygen atoms in total. The van der Waals surface area contributed by atoms with Crippen LogP contribution in [0, 0.1) is 0 Å². The number of halogens is 1. The number of carbonyl (C=O) groups is 2. The van der Waals surface area contributed by atoms with Gasteiger partial charge < -0.3 is 10.6 Å². The first-order valence-electron chi connectivity index (χ1n) is 7.63. The van der Waals surface area contributed by atoms with Crippen LogP contribution in [0.2, 0.25) is 0 Å². The fourth-order valence-corrected chi connectivity index (χ4v) is 3.23. The molecule has 0 aliphatic rings. The van der Waals surface area contributed by atoms with Gasteiger partial charge in [0.05, 0.1) is 6.54 Å². The highest BCUT2D eigenvalue weighted by atomic mass is 79.9. The van der Waals surface area contributed by atoms with E-state index in [1.807, 2.05) is 24.3 Å². The maximum Gasteiger partial charge on any atom is 0.251 e. The van der Waals surface area contributed by atoms with Gasteiger partial charge in [-0.1, -0.05) is 40.2 Å². The van der Waals surface area contributed by atoms with Crippen molar-refractivity contribution in [3.63, 3.8) is 0 Å². The summed E-state index contributed by atoms with van der Waals surface area (Å²) in [6.45, 7) is 0.586. The monoisotopic (exact) mass is 406 g/mol. The average Bonchev–Trinajstić information content (AvgIpc) is 2.60. The van der Waals surface area contributed by atoms with Gasteiger partial charge >= 0.3 is 0 Å². The summed E-state index contributed by atoms with van der Waals surface area (Å²) in [6, 6.07) is 17.2. The van der Waals surface area contributed by atoms with Gasteiger partial charge in [0, 0.05) is 21.5 Å². The van der Waals surface area contributed by atoms with Gasteiger partial charge in [-0.3, -0.25) is 9.59 Å². The van der Waals surface area contributed by atoms with Gasteiger partial charge in [0.15, 0.2) is 0 Å². The van der Waals surface area contributed by atoms with Gasteiger partial charge in [-0.05, 0) is 42.5 Å². The van der Waals surface area contributed by atoms with Crippen LogP contribution in [0.1, 0.15) is 16.8 Å². The minimum atomic E-state index is -0.258. The quantitative estimate of drug-likeness (QED) is 0.521. The first-order chi connectivity index (χ1) is 11.6. The topological polar surface area (TPSA) is 58.2 Å².